The zero-order chi connectivity index (χ0) is 20.4. The van der Waals surface area contributed by atoms with Gasteiger partial charge in [-0.15, -0.1) is 0 Å². The summed E-state index contributed by atoms with van der Waals surface area (Å²) < 4.78 is 5.62. The van der Waals surface area contributed by atoms with Crippen LogP contribution in [0.5, 0.6) is 0 Å². The monoisotopic (exact) mass is 388 g/mol. The Balaban J connectivity index is 1.40. The maximum Gasteiger partial charge on any atom is 0.272 e. The van der Waals surface area contributed by atoms with Crippen LogP contribution in [-0.2, 0) is 6.67 Å². The van der Waals surface area contributed by atoms with Gasteiger partial charge in [-0.2, -0.15) is 10.2 Å². The number of hydrogen-bond donors (Lipinski definition) is 1. The van der Waals surface area contributed by atoms with Gasteiger partial charge in [-0.3, -0.25) is 9.48 Å². The van der Waals surface area contributed by atoms with Gasteiger partial charge in [0.15, 0.2) is 0 Å². The summed E-state index contributed by atoms with van der Waals surface area (Å²) in [7, 11) is 0. The average molecular weight is 388 g/mol. The number of hydrogen-bond acceptors (Lipinski definition) is 3. The fraction of sp³-hybridized carbons (Fsp3) is 0.227. The molecule has 0 aliphatic heterocycles. The molecule has 1 aromatic carbocycles. The van der Waals surface area contributed by atoms with E-state index in [9.17, 15) is 4.79 Å². The molecule has 0 bridgehead atoms. The predicted octanol–water partition coefficient (Wildman–Crippen LogP) is 3.48. The van der Waals surface area contributed by atoms with Crippen molar-refractivity contribution in [2.45, 2.75) is 33.5 Å². The fourth-order valence-electron chi connectivity index (χ4n) is 3.31. The third kappa shape index (κ3) is 4.13. The standard InChI is InChI=1S/C22H24N6O/c1-16-14-17(2)28(24-16)15-27-13-10-21(25-27)22(29)23-18(3)19-6-8-20(9-7-19)26-11-4-5-12-26/h4-14,18H,15H2,1-3H3,(H,23,29). The summed E-state index contributed by atoms with van der Waals surface area (Å²) in [5.74, 6) is -0.195. The minimum absolute atomic E-state index is 0.123. The second-order valence-corrected chi connectivity index (χ2v) is 7.19. The summed E-state index contributed by atoms with van der Waals surface area (Å²) in [6.45, 7) is 6.40. The Morgan fingerprint density at radius 3 is 2.41 bits per heavy atom. The predicted molar refractivity (Wildman–Crippen MR) is 111 cm³/mol. The van der Waals surface area contributed by atoms with Crippen molar-refractivity contribution in [2.75, 3.05) is 0 Å². The Labute approximate surface area is 169 Å². The summed E-state index contributed by atoms with van der Waals surface area (Å²) in [6.07, 6.45) is 5.80. The van der Waals surface area contributed by atoms with Gasteiger partial charge in [0.05, 0.1) is 11.7 Å². The normalized spacial score (nSPS) is 12.1. The van der Waals surface area contributed by atoms with Gasteiger partial charge in [0, 0.05) is 30.0 Å². The van der Waals surface area contributed by atoms with Crippen molar-refractivity contribution in [3.8, 4) is 5.69 Å². The van der Waals surface area contributed by atoms with Crippen molar-refractivity contribution in [3.63, 3.8) is 0 Å². The Hall–Kier alpha value is -3.61. The topological polar surface area (TPSA) is 69.7 Å². The molecule has 3 aromatic heterocycles. The molecule has 0 saturated heterocycles. The first kappa shape index (κ1) is 18.7. The first-order chi connectivity index (χ1) is 14.0. The van der Waals surface area contributed by atoms with Crippen molar-refractivity contribution in [3.05, 3.63) is 89.8 Å². The molecule has 0 fully saturated rings. The van der Waals surface area contributed by atoms with E-state index in [0.717, 1.165) is 22.6 Å². The van der Waals surface area contributed by atoms with Gasteiger partial charge < -0.3 is 9.88 Å². The lowest BCUT2D eigenvalue weighted by molar-refractivity contribution is 0.0934. The van der Waals surface area contributed by atoms with Crippen molar-refractivity contribution in [1.82, 2.24) is 29.4 Å². The quantitative estimate of drug-likeness (QED) is 0.550. The molecule has 0 saturated carbocycles. The van der Waals surface area contributed by atoms with E-state index in [0.29, 0.717) is 12.4 Å². The number of nitrogens with zero attached hydrogens (tertiary/aromatic N) is 5. The van der Waals surface area contributed by atoms with Crippen LogP contribution in [0.4, 0.5) is 0 Å². The highest BCUT2D eigenvalue weighted by molar-refractivity contribution is 5.92. The van der Waals surface area contributed by atoms with Gasteiger partial charge >= 0.3 is 0 Å². The van der Waals surface area contributed by atoms with Crippen LogP contribution < -0.4 is 5.32 Å². The van der Waals surface area contributed by atoms with Crippen LogP contribution in [-0.4, -0.2) is 30.0 Å². The number of aryl methyl sites for hydroxylation is 2. The van der Waals surface area contributed by atoms with Gasteiger partial charge in [0.2, 0.25) is 0 Å². The largest absolute Gasteiger partial charge is 0.344 e. The lowest BCUT2D eigenvalue weighted by atomic mass is 10.1. The highest BCUT2D eigenvalue weighted by Crippen LogP contribution is 2.16. The van der Waals surface area contributed by atoms with Gasteiger partial charge in [0.25, 0.3) is 5.91 Å². The minimum Gasteiger partial charge on any atom is -0.344 e. The second kappa shape index (κ2) is 7.79. The Kier molecular flexibility index (Phi) is 5.03. The maximum absolute atomic E-state index is 12.6. The van der Waals surface area contributed by atoms with E-state index in [1.54, 1.807) is 16.9 Å². The number of nitrogens with one attached hydrogen (secondary N) is 1. The lowest BCUT2D eigenvalue weighted by Gasteiger charge is -2.14. The first-order valence-corrected chi connectivity index (χ1v) is 9.58. The molecular weight excluding hydrogens is 364 g/mol. The van der Waals surface area contributed by atoms with Crippen LogP contribution in [0.1, 0.15) is 40.4 Å². The van der Waals surface area contributed by atoms with Gasteiger partial charge in [-0.1, -0.05) is 12.1 Å². The van der Waals surface area contributed by atoms with E-state index < -0.39 is 0 Å². The molecule has 1 unspecified atom stereocenters. The van der Waals surface area contributed by atoms with Crippen LogP contribution in [0.3, 0.4) is 0 Å². The molecule has 7 heteroatoms. The Morgan fingerprint density at radius 2 is 1.76 bits per heavy atom. The van der Waals surface area contributed by atoms with Crippen LogP contribution in [0.25, 0.3) is 5.69 Å². The molecule has 0 radical (unpaired) electrons. The number of aromatic nitrogens is 5. The number of carbonyl (C=O) groups excluding carboxylic acids is 1. The van der Waals surface area contributed by atoms with E-state index >= 15 is 0 Å². The number of amides is 1. The summed E-state index contributed by atoms with van der Waals surface area (Å²) in [4.78, 5) is 12.6. The molecule has 29 heavy (non-hydrogen) atoms. The molecule has 4 rings (SSSR count). The summed E-state index contributed by atoms with van der Waals surface area (Å²) in [5, 5.41) is 11.8. The molecule has 0 aliphatic rings. The third-order valence-corrected chi connectivity index (χ3v) is 4.90. The Bertz CT molecular complexity index is 1100. The smallest absolute Gasteiger partial charge is 0.272 e. The number of rotatable bonds is 6. The molecule has 1 amide bonds. The highest BCUT2D eigenvalue weighted by atomic mass is 16.2. The zero-order valence-electron chi connectivity index (χ0n) is 16.8. The highest BCUT2D eigenvalue weighted by Gasteiger charge is 2.14. The average Bonchev–Trinajstić information content (AvgIpc) is 3.44. The molecule has 7 nitrogen and oxygen atoms in total. The van der Waals surface area contributed by atoms with Crippen molar-refractivity contribution >= 4 is 5.91 Å². The molecule has 0 spiro atoms. The van der Waals surface area contributed by atoms with Crippen LogP contribution in [0, 0.1) is 13.8 Å². The van der Waals surface area contributed by atoms with Crippen molar-refractivity contribution < 1.29 is 4.79 Å². The van der Waals surface area contributed by atoms with E-state index in [1.807, 2.05) is 84.9 Å². The number of carbonyl (C=O) groups is 1. The first-order valence-electron chi connectivity index (χ1n) is 9.58. The summed E-state index contributed by atoms with van der Waals surface area (Å²) in [6, 6.07) is 15.7. The Morgan fingerprint density at radius 1 is 1.03 bits per heavy atom. The number of benzene rings is 1. The molecule has 1 N–H and O–H groups in total. The third-order valence-electron chi connectivity index (χ3n) is 4.90. The SMILES string of the molecule is Cc1cc(C)n(Cn2ccc(C(=O)NC(C)c3ccc(-n4cccc4)cc3)n2)n1. The molecular formula is C22H24N6O. The van der Waals surface area contributed by atoms with Crippen LogP contribution in [0.15, 0.2) is 67.1 Å². The van der Waals surface area contributed by atoms with Crippen LogP contribution in [0.2, 0.25) is 0 Å². The van der Waals surface area contributed by atoms with Gasteiger partial charge in [0.1, 0.15) is 12.4 Å². The molecule has 3 heterocycles. The second-order valence-electron chi connectivity index (χ2n) is 7.19. The van der Waals surface area contributed by atoms with Crippen molar-refractivity contribution in [2.24, 2.45) is 0 Å². The fourth-order valence-corrected chi connectivity index (χ4v) is 3.31. The van der Waals surface area contributed by atoms with E-state index in [2.05, 4.69) is 15.5 Å². The van der Waals surface area contributed by atoms with Crippen molar-refractivity contribution in [1.29, 1.82) is 0 Å². The zero-order valence-corrected chi connectivity index (χ0v) is 16.8. The minimum atomic E-state index is -0.195. The summed E-state index contributed by atoms with van der Waals surface area (Å²) >= 11 is 0. The molecule has 0 aliphatic carbocycles. The molecule has 1 atom stereocenters. The van der Waals surface area contributed by atoms with Gasteiger partial charge in [-0.25, -0.2) is 4.68 Å². The maximum atomic E-state index is 12.6. The lowest BCUT2D eigenvalue weighted by Crippen LogP contribution is -2.27. The molecule has 4 aromatic rings. The van der Waals surface area contributed by atoms with Gasteiger partial charge in [-0.05, 0) is 62.7 Å². The van der Waals surface area contributed by atoms with E-state index in [1.165, 1.54) is 0 Å². The van der Waals surface area contributed by atoms with E-state index in [-0.39, 0.29) is 11.9 Å². The molecule has 148 valence electrons. The summed E-state index contributed by atoms with van der Waals surface area (Å²) in [5.41, 5.74) is 4.53. The van der Waals surface area contributed by atoms with Crippen LogP contribution >= 0.6 is 0 Å². The van der Waals surface area contributed by atoms with E-state index in [4.69, 9.17) is 0 Å².